The number of hydrogen-bond acceptors (Lipinski definition) is 3. The lowest BCUT2D eigenvalue weighted by atomic mass is 9.86. The summed E-state index contributed by atoms with van der Waals surface area (Å²) in [5.74, 6) is 0.219. The molecule has 6 heteroatoms. The van der Waals surface area contributed by atoms with Crippen LogP contribution in [-0.2, 0) is 0 Å². The van der Waals surface area contributed by atoms with Crippen molar-refractivity contribution >= 4 is 23.2 Å². The topological polar surface area (TPSA) is 50.5 Å². The first-order valence-electron chi connectivity index (χ1n) is 7.95. The highest BCUT2D eigenvalue weighted by Crippen LogP contribution is 2.36. The molecule has 4 rings (SSSR count). The lowest BCUT2D eigenvalue weighted by Gasteiger charge is -2.38. The molecule has 0 fully saturated rings. The van der Waals surface area contributed by atoms with E-state index in [4.69, 9.17) is 11.6 Å². The number of halogens is 1. The van der Waals surface area contributed by atoms with Crippen molar-refractivity contribution in [1.82, 2.24) is 19.5 Å². The van der Waals surface area contributed by atoms with E-state index in [1.54, 1.807) is 23.0 Å². The molecule has 0 bridgehead atoms. The van der Waals surface area contributed by atoms with Crippen LogP contribution in [-0.4, -0.2) is 31.9 Å². The average Bonchev–Trinajstić information content (AvgIpc) is 3.00. The number of rotatable bonds is 1. The average molecular weight is 341 g/mol. The molecule has 0 saturated carbocycles. The number of nitrogens with zero attached hydrogens (tertiary/aromatic N) is 4. The Hall–Kier alpha value is -2.40. The van der Waals surface area contributed by atoms with Gasteiger partial charge in [-0.05, 0) is 24.0 Å². The van der Waals surface area contributed by atoms with Crippen molar-refractivity contribution < 1.29 is 4.79 Å². The van der Waals surface area contributed by atoms with E-state index in [9.17, 15) is 4.79 Å². The molecule has 2 unspecified atom stereocenters. The number of amides is 1. The van der Waals surface area contributed by atoms with Crippen molar-refractivity contribution in [3.05, 3.63) is 64.6 Å². The highest BCUT2D eigenvalue weighted by atomic mass is 35.5. The third-order valence-corrected chi connectivity index (χ3v) is 4.87. The Morgan fingerprint density at radius 3 is 2.79 bits per heavy atom. The summed E-state index contributed by atoms with van der Waals surface area (Å²) in [6.07, 6.45) is 3.20. The summed E-state index contributed by atoms with van der Waals surface area (Å²) in [5.41, 5.74) is 3.52. The van der Waals surface area contributed by atoms with E-state index in [-0.39, 0.29) is 11.9 Å². The minimum absolute atomic E-state index is 0.0197. The van der Waals surface area contributed by atoms with Gasteiger partial charge in [-0.1, -0.05) is 42.8 Å². The van der Waals surface area contributed by atoms with E-state index in [0.717, 1.165) is 0 Å². The summed E-state index contributed by atoms with van der Waals surface area (Å²) >= 11 is 5.94. The minimum atomic E-state index is -0.0783. The van der Waals surface area contributed by atoms with Gasteiger partial charge in [-0.25, -0.2) is 9.50 Å². The van der Waals surface area contributed by atoms with Crippen LogP contribution in [0.15, 0.2) is 42.7 Å². The maximum absolute atomic E-state index is 13.0. The molecule has 0 aliphatic carbocycles. The van der Waals surface area contributed by atoms with Crippen LogP contribution in [0.1, 0.15) is 47.4 Å². The van der Waals surface area contributed by atoms with Gasteiger partial charge in [0.2, 0.25) is 0 Å². The highest BCUT2D eigenvalue weighted by molar-refractivity contribution is 6.30. The zero-order valence-electron chi connectivity index (χ0n) is 13.5. The van der Waals surface area contributed by atoms with E-state index in [0.29, 0.717) is 28.8 Å². The van der Waals surface area contributed by atoms with Crippen LogP contribution >= 0.6 is 11.6 Å². The first-order valence-corrected chi connectivity index (χ1v) is 8.33. The molecule has 2 aromatic heterocycles. The van der Waals surface area contributed by atoms with Crippen molar-refractivity contribution in [3.8, 4) is 0 Å². The van der Waals surface area contributed by atoms with Gasteiger partial charge < -0.3 is 4.90 Å². The fraction of sp³-hybridized carbons (Fsp3) is 0.278. The number of fused-ring (bicyclic) bond motifs is 2. The summed E-state index contributed by atoms with van der Waals surface area (Å²) in [6.45, 7) is 4.89. The van der Waals surface area contributed by atoms with Gasteiger partial charge in [0, 0.05) is 18.8 Å². The fourth-order valence-corrected chi connectivity index (χ4v) is 3.57. The van der Waals surface area contributed by atoms with E-state index in [2.05, 4.69) is 42.1 Å². The Balaban J connectivity index is 1.71. The molecule has 0 saturated heterocycles. The quantitative estimate of drug-likeness (QED) is 0.678. The van der Waals surface area contributed by atoms with E-state index >= 15 is 0 Å². The summed E-state index contributed by atoms with van der Waals surface area (Å²) in [4.78, 5) is 19.1. The van der Waals surface area contributed by atoms with Crippen LogP contribution < -0.4 is 0 Å². The smallest absolute Gasteiger partial charge is 0.274 e. The molecule has 24 heavy (non-hydrogen) atoms. The molecule has 2 atom stereocenters. The summed E-state index contributed by atoms with van der Waals surface area (Å²) in [7, 11) is 0. The predicted octanol–water partition coefficient (Wildman–Crippen LogP) is 3.70. The maximum Gasteiger partial charge on any atom is 0.274 e. The molecular formula is C18H17ClN4O. The Bertz CT molecular complexity index is 936. The molecule has 0 N–H and O–H groups in total. The second-order valence-corrected chi connectivity index (χ2v) is 6.70. The fourth-order valence-electron chi connectivity index (χ4n) is 3.42. The van der Waals surface area contributed by atoms with Crippen LogP contribution in [0.2, 0.25) is 5.02 Å². The molecule has 3 aromatic rings. The zero-order valence-corrected chi connectivity index (χ0v) is 14.2. The molecule has 5 nitrogen and oxygen atoms in total. The Morgan fingerprint density at radius 1 is 1.25 bits per heavy atom. The third-order valence-electron chi connectivity index (χ3n) is 4.68. The zero-order chi connectivity index (χ0) is 16.8. The van der Waals surface area contributed by atoms with Gasteiger partial charge in [-0.15, -0.1) is 0 Å². The van der Waals surface area contributed by atoms with Crippen LogP contribution in [0, 0.1) is 0 Å². The van der Waals surface area contributed by atoms with Crippen LogP contribution in [0.3, 0.4) is 0 Å². The number of aromatic nitrogens is 3. The Labute approximate surface area is 144 Å². The van der Waals surface area contributed by atoms with Gasteiger partial charge in [0.15, 0.2) is 11.3 Å². The van der Waals surface area contributed by atoms with E-state index < -0.39 is 0 Å². The maximum atomic E-state index is 13.0. The van der Waals surface area contributed by atoms with Gasteiger partial charge in [0.05, 0.1) is 17.3 Å². The second-order valence-electron chi connectivity index (χ2n) is 6.27. The Morgan fingerprint density at radius 2 is 2.00 bits per heavy atom. The number of carbonyl (C=O) groups excluding carboxylic acids is 1. The minimum Gasteiger partial charge on any atom is -0.330 e. The summed E-state index contributed by atoms with van der Waals surface area (Å²) in [6, 6.07) is 10.0. The lowest BCUT2D eigenvalue weighted by Crippen LogP contribution is -2.40. The largest absolute Gasteiger partial charge is 0.330 e. The van der Waals surface area contributed by atoms with E-state index in [1.165, 1.54) is 11.1 Å². The standard InChI is InChI=1S/C18H17ClN4O/c1-11-9-22(12(2)15-6-4-3-5-14(11)15)18(24)16-7-17-20-8-13(19)10-23(17)21-16/h3-8,10-12H,9H2,1-2H3. The van der Waals surface area contributed by atoms with Crippen molar-refractivity contribution in [2.45, 2.75) is 25.8 Å². The van der Waals surface area contributed by atoms with Gasteiger partial charge >= 0.3 is 0 Å². The molecule has 122 valence electrons. The van der Waals surface area contributed by atoms with Crippen LogP contribution in [0.25, 0.3) is 5.65 Å². The van der Waals surface area contributed by atoms with E-state index in [1.807, 2.05) is 11.0 Å². The SMILES string of the molecule is CC1CN(C(=O)c2cc3ncc(Cl)cn3n2)C(C)c2ccccc21. The van der Waals surface area contributed by atoms with Crippen LogP contribution in [0.5, 0.6) is 0 Å². The molecule has 0 radical (unpaired) electrons. The molecule has 0 spiro atoms. The molecule has 3 heterocycles. The normalized spacial score (nSPS) is 20.2. The van der Waals surface area contributed by atoms with Gasteiger partial charge in [-0.3, -0.25) is 4.79 Å². The van der Waals surface area contributed by atoms with Gasteiger partial charge in [0.25, 0.3) is 5.91 Å². The highest BCUT2D eigenvalue weighted by Gasteiger charge is 2.32. The summed E-state index contributed by atoms with van der Waals surface area (Å²) < 4.78 is 1.54. The summed E-state index contributed by atoms with van der Waals surface area (Å²) in [5, 5.41) is 4.83. The van der Waals surface area contributed by atoms with Gasteiger partial charge in [-0.2, -0.15) is 5.10 Å². The Kier molecular flexibility index (Phi) is 3.53. The molecule has 1 aromatic carbocycles. The van der Waals surface area contributed by atoms with Crippen molar-refractivity contribution in [2.24, 2.45) is 0 Å². The van der Waals surface area contributed by atoms with Crippen LogP contribution in [0.4, 0.5) is 0 Å². The number of carbonyl (C=O) groups is 1. The number of hydrogen-bond donors (Lipinski definition) is 0. The first-order chi connectivity index (χ1) is 11.5. The molecule has 1 aliphatic heterocycles. The first kappa shape index (κ1) is 15.1. The van der Waals surface area contributed by atoms with Crippen molar-refractivity contribution in [2.75, 3.05) is 6.54 Å². The lowest BCUT2D eigenvalue weighted by molar-refractivity contribution is 0.0653. The van der Waals surface area contributed by atoms with Crippen molar-refractivity contribution in [1.29, 1.82) is 0 Å². The monoisotopic (exact) mass is 340 g/mol. The predicted molar refractivity (Wildman–Crippen MR) is 92.3 cm³/mol. The third kappa shape index (κ3) is 2.36. The number of benzene rings is 1. The molecular weight excluding hydrogens is 324 g/mol. The molecule has 1 amide bonds. The molecule has 1 aliphatic rings. The van der Waals surface area contributed by atoms with Crippen molar-refractivity contribution in [3.63, 3.8) is 0 Å². The van der Waals surface area contributed by atoms with Gasteiger partial charge in [0.1, 0.15) is 0 Å². The second kappa shape index (κ2) is 5.60.